The van der Waals surface area contributed by atoms with Crippen LogP contribution in [0.2, 0.25) is 0 Å². The molecule has 1 N–H and O–H groups in total. The molecule has 0 bridgehead atoms. The molecular weight excluding hydrogens is 237 g/mol. The van der Waals surface area contributed by atoms with Crippen LogP contribution >= 0.6 is 0 Å². The molecule has 1 heterocycles. The summed E-state index contributed by atoms with van der Waals surface area (Å²) in [4.78, 5) is 13.3. The summed E-state index contributed by atoms with van der Waals surface area (Å²) >= 11 is 0. The first kappa shape index (κ1) is 12.8. The highest BCUT2D eigenvalue weighted by Crippen LogP contribution is 2.13. The quantitative estimate of drug-likeness (QED) is 0.876. The highest BCUT2D eigenvalue weighted by molar-refractivity contribution is 5.76. The van der Waals surface area contributed by atoms with Crippen LogP contribution in [0.5, 0.6) is 5.75 Å². The zero-order chi connectivity index (χ0) is 13.0. The molecule has 18 heavy (non-hydrogen) atoms. The van der Waals surface area contributed by atoms with E-state index < -0.39 is 6.10 Å². The lowest BCUT2D eigenvalue weighted by atomic mass is 10.3. The Morgan fingerprint density at radius 1 is 1.44 bits per heavy atom. The Labute approximate surface area is 105 Å². The molecule has 1 fully saturated rings. The molecule has 2 rings (SSSR count). The molecule has 0 spiro atoms. The van der Waals surface area contributed by atoms with E-state index in [2.05, 4.69) is 0 Å². The Kier molecular flexibility index (Phi) is 4.15. The number of amides is 1. The fourth-order valence-corrected chi connectivity index (χ4v) is 1.91. The monoisotopic (exact) mass is 253 g/mol. The van der Waals surface area contributed by atoms with Gasteiger partial charge in [0, 0.05) is 13.1 Å². The fourth-order valence-electron chi connectivity index (χ4n) is 1.91. The van der Waals surface area contributed by atoms with Crippen molar-refractivity contribution in [3.63, 3.8) is 0 Å². The molecule has 1 aliphatic heterocycles. The third kappa shape index (κ3) is 3.43. The number of hydrogen-bond donors (Lipinski definition) is 1. The lowest BCUT2D eigenvalue weighted by Crippen LogP contribution is -2.30. The maximum absolute atomic E-state index is 12.6. The topological polar surface area (TPSA) is 49.8 Å². The molecule has 1 aromatic carbocycles. The smallest absolute Gasteiger partial charge is 0.226 e. The number of carbonyl (C=O) groups excluding carboxylic acids is 1. The van der Waals surface area contributed by atoms with Gasteiger partial charge in [0.1, 0.15) is 11.6 Å². The van der Waals surface area contributed by atoms with Crippen LogP contribution in [0, 0.1) is 5.82 Å². The van der Waals surface area contributed by atoms with E-state index in [1.807, 2.05) is 0 Å². The summed E-state index contributed by atoms with van der Waals surface area (Å²) in [6.07, 6.45) is 0.515. The van der Waals surface area contributed by atoms with Gasteiger partial charge in [0.2, 0.25) is 5.91 Å². The number of nitrogens with zero attached hydrogens (tertiary/aromatic N) is 1. The number of benzene rings is 1. The Balaban J connectivity index is 1.72. The fraction of sp³-hybridized carbons (Fsp3) is 0.462. The van der Waals surface area contributed by atoms with E-state index in [1.165, 1.54) is 24.3 Å². The van der Waals surface area contributed by atoms with Crippen molar-refractivity contribution in [3.8, 4) is 5.75 Å². The predicted octanol–water partition coefficient (Wildman–Crippen LogP) is 1.19. The zero-order valence-corrected chi connectivity index (χ0v) is 10.0. The first-order valence-corrected chi connectivity index (χ1v) is 5.99. The van der Waals surface area contributed by atoms with Gasteiger partial charge in [-0.25, -0.2) is 4.39 Å². The number of halogens is 1. The molecule has 0 radical (unpaired) electrons. The summed E-state index contributed by atoms with van der Waals surface area (Å²) < 4.78 is 18.0. The van der Waals surface area contributed by atoms with Gasteiger partial charge in [-0.15, -0.1) is 0 Å². The number of hydrogen-bond acceptors (Lipinski definition) is 3. The van der Waals surface area contributed by atoms with Gasteiger partial charge in [0.25, 0.3) is 0 Å². The minimum atomic E-state index is -0.396. The van der Waals surface area contributed by atoms with Gasteiger partial charge in [-0.2, -0.15) is 0 Å². The van der Waals surface area contributed by atoms with Gasteiger partial charge in [0.15, 0.2) is 0 Å². The van der Waals surface area contributed by atoms with Crippen molar-refractivity contribution in [2.24, 2.45) is 0 Å². The van der Waals surface area contributed by atoms with Crippen LogP contribution in [-0.4, -0.2) is 41.7 Å². The van der Waals surface area contributed by atoms with Crippen LogP contribution in [0.1, 0.15) is 12.8 Å². The maximum atomic E-state index is 12.6. The number of carbonyl (C=O) groups is 1. The SMILES string of the molecule is O=C(CCOc1ccc(F)cc1)N1CC[C@@H](O)C1. The number of aliphatic hydroxyl groups excluding tert-OH is 1. The Morgan fingerprint density at radius 2 is 2.17 bits per heavy atom. The van der Waals surface area contributed by atoms with Gasteiger partial charge < -0.3 is 14.7 Å². The maximum Gasteiger partial charge on any atom is 0.226 e. The lowest BCUT2D eigenvalue weighted by Gasteiger charge is -2.15. The number of likely N-dealkylation sites (tertiary alicyclic amines) is 1. The summed E-state index contributed by atoms with van der Waals surface area (Å²) in [6.45, 7) is 1.28. The van der Waals surface area contributed by atoms with Gasteiger partial charge in [-0.1, -0.05) is 0 Å². The molecule has 1 aromatic rings. The summed E-state index contributed by atoms with van der Waals surface area (Å²) in [5.41, 5.74) is 0. The van der Waals surface area contributed by atoms with Crippen molar-refractivity contribution < 1.29 is 19.0 Å². The molecule has 0 aromatic heterocycles. The van der Waals surface area contributed by atoms with E-state index in [9.17, 15) is 14.3 Å². The van der Waals surface area contributed by atoms with Gasteiger partial charge in [0.05, 0.1) is 19.1 Å². The van der Waals surface area contributed by atoms with E-state index in [1.54, 1.807) is 4.90 Å². The Hall–Kier alpha value is -1.62. The third-order valence-electron chi connectivity index (χ3n) is 2.91. The molecule has 98 valence electrons. The second kappa shape index (κ2) is 5.82. The van der Waals surface area contributed by atoms with Gasteiger partial charge in [-0.3, -0.25) is 4.79 Å². The van der Waals surface area contributed by atoms with Gasteiger partial charge >= 0.3 is 0 Å². The number of rotatable bonds is 4. The predicted molar refractivity (Wildman–Crippen MR) is 63.7 cm³/mol. The standard InChI is InChI=1S/C13H16FNO3/c14-10-1-3-12(4-2-10)18-8-6-13(17)15-7-5-11(16)9-15/h1-4,11,16H,5-9H2/t11-/m1/s1. The van der Waals surface area contributed by atoms with Crippen LogP contribution in [0.3, 0.4) is 0 Å². The molecule has 1 amide bonds. The van der Waals surface area contributed by atoms with E-state index in [4.69, 9.17) is 4.74 Å². The van der Waals surface area contributed by atoms with Crippen LogP contribution in [0.4, 0.5) is 4.39 Å². The third-order valence-corrected chi connectivity index (χ3v) is 2.91. The van der Waals surface area contributed by atoms with Gasteiger partial charge in [-0.05, 0) is 30.7 Å². The van der Waals surface area contributed by atoms with Crippen molar-refractivity contribution in [1.82, 2.24) is 4.90 Å². The van der Waals surface area contributed by atoms with Crippen molar-refractivity contribution >= 4 is 5.91 Å². The Bertz CT molecular complexity index is 407. The first-order valence-electron chi connectivity index (χ1n) is 5.99. The minimum absolute atomic E-state index is 0.0198. The van der Waals surface area contributed by atoms with Crippen molar-refractivity contribution in [1.29, 1.82) is 0 Å². The highest BCUT2D eigenvalue weighted by atomic mass is 19.1. The minimum Gasteiger partial charge on any atom is -0.493 e. The number of ether oxygens (including phenoxy) is 1. The summed E-state index contributed by atoms with van der Waals surface area (Å²) in [5.74, 6) is 0.212. The molecule has 1 saturated heterocycles. The van der Waals surface area contributed by atoms with Crippen molar-refractivity contribution in [2.45, 2.75) is 18.9 Å². The van der Waals surface area contributed by atoms with E-state index in [-0.39, 0.29) is 24.8 Å². The van der Waals surface area contributed by atoms with E-state index in [0.29, 0.717) is 25.3 Å². The molecule has 0 aliphatic carbocycles. The largest absolute Gasteiger partial charge is 0.493 e. The molecule has 4 nitrogen and oxygen atoms in total. The Morgan fingerprint density at radius 3 is 2.78 bits per heavy atom. The van der Waals surface area contributed by atoms with Crippen LogP contribution in [0.25, 0.3) is 0 Å². The van der Waals surface area contributed by atoms with Crippen molar-refractivity contribution in [3.05, 3.63) is 30.1 Å². The second-order valence-electron chi connectivity index (χ2n) is 4.33. The zero-order valence-electron chi connectivity index (χ0n) is 10.0. The number of aliphatic hydroxyl groups is 1. The van der Waals surface area contributed by atoms with E-state index in [0.717, 1.165) is 0 Å². The average molecular weight is 253 g/mol. The summed E-state index contributed by atoms with van der Waals surface area (Å²) in [6, 6.07) is 5.68. The summed E-state index contributed by atoms with van der Waals surface area (Å²) in [5, 5.41) is 9.32. The molecule has 5 heteroatoms. The molecule has 0 unspecified atom stereocenters. The van der Waals surface area contributed by atoms with Crippen LogP contribution in [0.15, 0.2) is 24.3 Å². The molecule has 0 saturated carbocycles. The second-order valence-corrected chi connectivity index (χ2v) is 4.33. The number of β-amino-alcohol motifs (C(OH)–C–C–N with tert-alkyl or cyclic N) is 1. The van der Waals surface area contributed by atoms with E-state index >= 15 is 0 Å². The molecule has 1 atom stereocenters. The summed E-state index contributed by atoms with van der Waals surface area (Å²) in [7, 11) is 0. The normalized spacial score (nSPS) is 19.0. The van der Waals surface area contributed by atoms with Crippen LogP contribution < -0.4 is 4.74 Å². The average Bonchev–Trinajstić information content (AvgIpc) is 2.78. The lowest BCUT2D eigenvalue weighted by molar-refractivity contribution is -0.131. The molecular formula is C13H16FNO3. The van der Waals surface area contributed by atoms with Crippen LogP contribution in [-0.2, 0) is 4.79 Å². The highest BCUT2D eigenvalue weighted by Gasteiger charge is 2.23. The van der Waals surface area contributed by atoms with Crippen molar-refractivity contribution in [2.75, 3.05) is 19.7 Å². The first-order chi connectivity index (χ1) is 8.65. The molecule has 1 aliphatic rings.